The van der Waals surface area contributed by atoms with E-state index < -0.39 is 28.5 Å². The number of nitrogens with one attached hydrogen (secondary N) is 1. The highest BCUT2D eigenvalue weighted by molar-refractivity contribution is 7.11. The number of halogens is 3. The topological polar surface area (TPSA) is 92.6 Å². The number of amides is 2. The van der Waals surface area contributed by atoms with E-state index in [1.54, 1.807) is 0 Å². The molecule has 2 amide bonds. The number of alkyl halides is 3. The summed E-state index contributed by atoms with van der Waals surface area (Å²) in [5, 5.41) is 12.6. The molecule has 0 bridgehead atoms. The van der Waals surface area contributed by atoms with Crippen molar-refractivity contribution in [2.24, 2.45) is 0 Å². The highest BCUT2D eigenvalue weighted by Crippen LogP contribution is 2.32. The van der Waals surface area contributed by atoms with Crippen molar-refractivity contribution >= 4 is 40.6 Å². The molecule has 1 aliphatic rings. The number of nitro groups is 1. The van der Waals surface area contributed by atoms with Gasteiger partial charge in [-0.1, -0.05) is 6.07 Å². The number of rotatable bonds is 3. The van der Waals surface area contributed by atoms with Crippen molar-refractivity contribution in [1.82, 2.24) is 5.43 Å². The third-order valence-corrected chi connectivity index (χ3v) is 4.29. The molecule has 3 rings (SSSR count). The molecule has 11 heteroatoms. The summed E-state index contributed by atoms with van der Waals surface area (Å²) < 4.78 is 38.4. The van der Waals surface area contributed by atoms with Gasteiger partial charge >= 0.3 is 6.18 Å². The van der Waals surface area contributed by atoms with Crippen LogP contribution < -0.4 is 10.4 Å². The highest BCUT2D eigenvalue weighted by atomic mass is 32.1. The first kappa shape index (κ1) is 17.6. The zero-order valence-electron chi connectivity index (χ0n) is 12.6. The minimum Gasteiger partial charge on any atom is -0.267 e. The zero-order valence-corrected chi connectivity index (χ0v) is 13.4. The van der Waals surface area contributed by atoms with Gasteiger partial charge in [0.25, 0.3) is 17.5 Å². The second-order valence-electron chi connectivity index (χ2n) is 5.15. The average molecular weight is 383 g/mol. The number of hydrogen-bond acceptors (Lipinski definition) is 5. The van der Waals surface area contributed by atoms with E-state index in [4.69, 9.17) is 0 Å². The first-order valence-corrected chi connectivity index (χ1v) is 7.82. The maximum atomic E-state index is 12.8. The van der Waals surface area contributed by atoms with Gasteiger partial charge in [0, 0.05) is 10.9 Å². The second kappa shape index (κ2) is 6.26. The Hall–Kier alpha value is -3.21. The normalized spacial score (nSPS) is 16.3. The minimum atomic E-state index is -4.60. The molecule has 2 aromatic rings. The Balaban J connectivity index is 1.92. The van der Waals surface area contributed by atoms with Crippen LogP contribution in [0.15, 0.2) is 41.3 Å². The molecule has 0 radical (unpaired) electrons. The molecule has 7 nitrogen and oxygen atoms in total. The Bertz CT molecular complexity index is 952. The lowest BCUT2D eigenvalue weighted by molar-refractivity contribution is -0.384. The van der Waals surface area contributed by atoms with E-state index in [1.165, 1.54) is 17.5 Å². The van der Waals surface area contributed by atoms with Crippen LogP contribution in [0.1, 0.15) is 10.4 Å². The van der Waals surface area contributed by atoms with Crippen molar-refractivity contribution < 1.29 is 27.7 Å². The SMILES string of the molecule is O=C1NN(c2cccc(C(F)(F)F)c2)C(=O)/C1=C\c1cc([N+](=O)[O-])cs1. The number of carbonyl (C=O) groups excluding carboxylic acids is 2. The van der Waals surface area contributed by atoms with Gasteiger partial charge in [0.1, 0.15) is 5.57 Å². The maximum absolute atomic E-state index is 12.8. The Kier molecular flexibility index (Phi) is 4.24. The van der Waals surface area contributed by atoms with Crippen LogP contribution >= 0.6 is 11.3 Å². The van der Waals surface area contributed by atoms with E-state index in [9.17, 15) is 32.9 Å². The van der Waals surface area contributed by atoms with Gasteiger partial charge in [-0.2, -0.15) is 13.2 Å². The van der Waals surface area contributed by atoms with Gasteiger partial charge in [0.2, 0.25) is 0 Å². The summed E-state index contributed by atoms with van der Waals surface area (Å²) in [4.78, 5) is 34.7. The number of benzene rings is 1. The minimum absolute atomic E-state index is 0.154. The van der Waals surface area contributed by atoms with E-state index >= 15 is 0 Å². The number of carbonyl (C=O) groups is 2. The summed E-state index contributed by atoms with van der Waals surface area (Å²) in [5.74, 6) is -1.67. The Morgan fingerprint density at radius 2 is 1.96 bits per heavy atom. The predicted molar refractivity (Wildman–Crippen MR) is 86.0 cm³/mol. The number of nitrogens with zero attached hydrogens (tertiary/aromatic N) is 2. The van der Waals surface area contributed by atoms with E-state index in [0.29, 0.717) is 9.89 Å². The summed E-state index contributed by atoms with van der Waals surface area (Å²) >= 11 is 0.954. The van der Waals surface area contributed by atoms with Crippen LogP contribution in [0, 0.1) is 10.1 Å². The van der Waals surface area contributed by atoms with E-state index in [1.807, 2.05) is 0 Å². The number of thiophene rings is 1. The molecule has 1 aromatic carbocycles. The molecule has 1 aliphatic heterocycles. The van der Waals surface area contributed by atoms with Crippen molar-refractivity contribution in [2.75, 3.05) is 5.01 Å². The average Bonchev–Trinajstić information content (AvgIpc) is 3.15. The van der Waals surface area contributed by atoms with Gasteiger partial charge in [-0.25, -0.2) is 5.01 Å². The Morgan fingerprint density at radius 1 is 1.23 bits per heavy atom. The summed E-state index contributed by atoms with van der Waals surface area (Å²) in [6, 6.07) is 5.12. The summed E-state index contributed by atoms with van der Waals surface area (Å²) in [6.07, 6.45) is -3.44. The second-order valence-corrected chi connectivity index (χ2v) is 6.09. The van der Waals surface area contributed by atoms with Crippen LogP contribution in [-0.4, -0.2) is 16.7 Å². The molecule has 0 unspecified atom stereocenters. The van der Waals surface area contributed by atoms with Crippen LogP contribution in [0.3, 0.4) is 0 Å². The van der Waals surface area contributed by atoms with Crippen LogP contribution in [0.25, 0.3) is 6.08 Å². The van der Waals surface area contributed by atoms with Gasteiger partial charge < -0.3 is 0 Å². The van der Waals surface area contributed by atoms with Gasteiger partial charge in [0.05, 0.1) is 21.6 Å². The number of hydrogen-bond donors (Lipinski definition) is 1. The molecule has 1 N–H and O–H groups in total. The summed E-state index contributed by atoms with van der Waals surface area (Å²) in [7, 11) is 0. The number of anilines is 1. The lowest BCUT2D eigenvalue weighted by Crippen LogP contribution is -2.35. The largest absolute Gasteiger partial charge is 0.416 e. The van der Waals surface area contributed by atoms with E-state index in [-0.39, 0.29) is 16.9 Å². The Morgan fingerprint density at radius 3 is 2.58 bits per heavy atom. The Labute approximate surface area is 147 Å². The smallest absolute Gasteiger partial charge is 0.267 e. The van der Waals surface area contributed by atoms with Crippen LogP contribution in [0.2, 0.25) is 0 Å². The molecule has 26 heavy (non-hydrogen) atoms. The van der Waals surface area contributed by atoms with Gasteiger partial charge in [-0.15, -0.1) is 11.3 Å². The van der Waals surface area contributed by atoms with E-state index in [2.05, 4.69) is 5.43 Å². The first-order chi connectivity index (χ1) is 12.2. The molecule has 0 aliphatic carbocycles. The maximum Gasteiger partial charge on any atom is 0.416 e. The molecule has 1 saturated heterocycles. The molecule has 2 heterocycles. The lowest BCUT2D eigenvalue weighted by Gasteiger charge is -2.16. The first-order valence-electron chi connectivity index (χ1n) is 6.94. The molecular formula is C15H8F3N3O4S. The van der Waals surface area contributed by atoms with E-state index in [0.717, 1.165) is 35.6 Å². The fourth-order valence-electron chi connectivity index (χ4n) is 2.22. The van der Waals surface area contributed by atoms with Crippen LogP contribution in [0.5, 0.6) is 0 Å². The third kappa shape index (κ3) is 3.28. The number of hydrazine groups is 1. The fraction of sp³-hybridized carbons (Fsp3) is 0.0667. The zero-order chi connectivity index (χ0) is 19.1. The molecule has 134 valence electrons. The van der Waals surface area contributed by atoms with Gasteiger partial charge in [-0.05, 0) is 24.3 Å². The predicted octanol–water partition coefficient (Wildman–Crippen LogP) is 3.14. The van der Waals surface area contributed by atoms with Crippen LogP contribution in [-0.2, 0) is 15.8 Å². The fourth-order valence-corrected chi connectivity index (χ4v) is 3.00. The highest BCUT2D eigenvalue weighted by Gasteiger charge is 2.36. The van der Waals surface area contributed by atoms with Gasteiger partial charge in [-0.3, -0.25) is 25.1 Å². The van der Waals surface area contributed by atoms with Crippen molar-refractivity contribution in [1.29, 1.82) is 0 Å². The van der Waals surface area contributed by atoms with Gasteiger partial charge in [0.15, 0.2) is 0 Å². The van der Waals surface area contributed by atoms with Crippen molar-refractivity contribution in [3.05, 3.63) is 61.8 Å². The standard InChI is InChI=1S/C15H8F3N3O4S/c16-15(17,18)8-2-1-3-9(4-8)20-14(23)12(13(22)19-20)6-11-5-10(7-26-11)21(24)25/h1-7H,(H,19,22)/b12-6-. The molecule has 1 fully saturated rings. The third-order valence-electron chi connectivity index (χ3n) is 3.43. The lowest BCUT2D eigenvalue weighted by atomic mass is 10.1. The molecule has 0 saturated carbocycles. The molecule has 1 aromatic heterocycles. The molecule has 0 atom stereocenters. The van der Waals surface area contributed by atoms with Crippen molar-refractivity contribution in [3.8, 4) is 0 Å². The molecular weight excluding hydrogens is 375 g/mol. The summed E-state index contributed by atoms with van der Waals surface area (Å²) in [5.41, 5.74) is 0.529. The van der Waals surface area contributed by atoms with Crippen LogP contribution in [0.4, 0.5) is 24.5 Å². The molecule has 0 spiro atoms. The quantitative estimate of drug-likeness (QED) is 0.381. The van der Waals surface area contributed by atoms with Crippen molar-refractivity contribution in [3.63, 3.8) is 0 Å². The monoisotopic (exact) mass is 383 g/mol. The van der Waals surface area contributed by atoms with Crippen molar-refractivity contribution in [2.45, 2.75) is 6.18 Å². The summed E-state index contributed by atoms with van der Waals surface area (Å²) in [6.45, 7) is 0.